The predicted molar refractivity (Wildman–Crippen MR) is 62.2 cm³/mol. The summed E-state index contributed by atoms with van der Waals surface area (Å²) < 4.78 is 5.25. The lowest BCUT2D eigenvalue weighted by Crippen LogP contribution is -2.47. The number of nitrogens with one attached hydrogen (secondary N) is 1. The van der Waals surface area contributed by atoms with Crippen molar-refractivity contribution in [2.24, 2.45) is 16.3 Å². The number of rotatable bonds is 5. The summed E-state index contributed by atoms with van der Waals surface area (Å²) in [6, 6.07) is 0. The van der Waals surface area contributed by atoms with Crippen LogP contribution >= 0.6 is 0 Å². The molecule has 1 saturated heterocycles. The topological polar surface area (TPSA) is 83.1 Å². The van der Waals surface area contributed by atoms with Crippen molar-refractivity contribution in [3.05, 3.63) is 0 Å². The fourth-order valence-electron chi connectivity index (χ4n) is 1.51. The first-order valence-electron chi connectivity index (χ1n) is 5.60. The van der Waals surface area contributed by atoms with E-state index in [9.17, 15) is 0 Å². The predicted octanol–water partition coefficient (Wildman–Crippen LogP) is -0.0141. The monoisotopic (exact) mass is 230 g/mol. The molecule has 0 bridgehead atoms. The van der Waals surface area contributed by atoms with Crippen LogP contribution in [-0.2, 0) is 4.74 Å². The van der Waals surface area contributed by atoms with Crippen LogP contribution < -0.4 is 11.2 Å². The van der Waals surface area contributed by atoms with Gasteiger partial charge >= 0.3 is 0 Å². The summed E-state index contributed by atoms with van der Waals surface area (Å²) in [4.78, 5) is 0. The van der Waals surface area contributed by atoms with Crippen LogP contribution in [-0.4, -0.2) is 48.9 Å². The van der Waals surface area contributed by atoms with Crippen LogP contribution in [0.3, 0.4) is 0 Å². The number of nitrogens with zero attached hydrogens (tertiary/aromatic N) is 2. The van der Waals surface area contributed by atoms with E-state index in [-0.39, 0.29) is 11.3 Å². The van der Waals surface area contributed by atoms with E-state index in [0.717, 1.165) is 39.3 Å². The Morgan fingerprint density at radius 3 is 2.69 bits per heavy atom. The molecule has 0 unspecified atom stereocenters. The van der Waals surface area contributed by atoms with Crippen molar-refractivity contribution in [2.75, 3.05) is 32.8 Å². The lowest BCUT2D eigenvalue weighted by atomic mass is 9.88. The minimum atomic E-state index is -0.284. The van der Waals surface area contributed by atoms with Gasteiger partial charge in [-0.05, 0) is 6.42 Å². The molecule has 0 atom stereocenters. The highest BCUT2D eigenvalue weighted by Crippen LogP contribution is 2.19. The molecular formula is C10H22N4O2. The average molecular weight is 230 g/mol. The molecular weight excluding hydrogens is 208 g/mol. The maximum absolute atomic E-state index is 8.63. The van der Waals surface area contributed by atoms with Crippen LogP contribution in [0.1, 0.15) is 20.3 Å². The SMILES string of the molecule is CC(C)(CCNN1CCOCC1)C(N)=NO. The summed E-state index contributed by atoms with van der Waals surface area (Å²) in [6.07, 6.45) is 0.820. The minimum absolute atomic E-state index is 0.274. The third-order valence-corrected chi connectivity index (χ3v) is 2.90. The third-order valence-electron chi connectivity index (χ3n) is 2.90. The van der Waals surface area contributed by atoms with Gasteiger partial charge in [-0.25, -0.2) is 5.01 Å². The molecule has 1 aliphatic rings. The molecule has 0 aliphatic carbocycles. The molecule has 0 aromatic carbocycles. The van der Waals surface area contributed by atoms with Gasteiger partial charge < -0.3 is 15.7 Å². The van der Waals surface area contributed by atoms with E-state index in [4.69, 9.17) is 15.7 Å². The maximum Gasteiger partial charge on any atom is 0.144 e. The van der Waals surface area contributed by atoms with Crippen LogP contribution in [0, 0.1) is 5.41 Å². The molecule has 6 heteroatoms. The molecule has 0 aromatic heterocycles. The number of oxime groups is 1. The molecule has 94 valence electrons. The average Bonchev–Trinajstić information content (AvgIpc) is 2.29. The summed E-state index contributed by atoms with van der Waals surface area (Å²) in [5, 5.41) is 13.8. The number of hydrazine groups is 1. The van der Waals surface area contributed by atoms with Gasteiger partial charge in [-0.2, -0.15) is 0 Å². The highest BCUT2D eigenvalue weighted by atomic mass is 16.5. The van der Waals surface area contributed by atoms with Gasteiger partial charge in [0.1, 0.15) is 5.84 Å². The Kier molecular flexibility index (Phi) is 4.98. The lowest BCUT2D eigenvalue weighted by molar-refractivity contribution is 0.0110. The Hall–Kier alpha value is -0.850. The zero-order chi connectivity index (χ0) is 12.0. The second-order valence-corrected chi connectivity index (χ2v) is 4.63. The molecule has 16 heavy (non-hydrogen) atoms. The van der Waals surface area contributed by atoms with Crippen LogP contribution in [0.5, 0.6) is 0 Å². The van der Waals surface area contributed by atoms with Crippen molar-refractivity contribution in [2.45, 2.75) is 20.3 Å². The second kappa shape index (κ2) is 6.03. The lowest BCUT2D eigenvalue weighted by Gasteiger charge is -2.29. The van der Waals surface area contributed by atoms with E-state index in [1.165, 1.54) is 0 Å². The fraction of sp³-hybridized carbons (Fsp3) is 0.900. The van der Waals surface area contributed by atoms with Crippen molar-refractivity contribution in [1.82, 2.24) is 10.4 Å². The maximum atomic E-state index is 8.63. The number of ether oxygens (including phenoxy) is 1. The summed E-state index contributed by atoms with van der Waals surface area (Å²) in [5.74, 6) is 0.274. The van der Waals surface area contributed by atoms with Crippen LogP contribution in [0.25, 0.3) is 0 Å². The number of amidine groups is 1. The molecule has 0 aromatic rings. The Morgan fingerprint density at radius 2 is 2.12 bits per heavy atom. The zero-order valence-electron chi connectivity index (χ0n) is 10.1. The number of nitrogens with two attached hydrogens (primary N) is 1. The molecule has 1 aliphatic heterocycles. The largest absolute Gasteiger partial charge is 0.409 e. The van der Waals surface area contributed by atoms with E-state index in [1.54, 1.807) is 0 Å². The van der Waals surface area contributed by atoms with E-state index in [0.29, 0.717) is 0 Å². The van der Waals surface area contributed by atoms with Gasteiger partial charge in [0.25, 0.3) is 0 Å². The third kappa shape index (κ3) is 3.96. The van der Waals surface area contributed by atoms with Gasteiger partial charge in [-0.15, -0.1) is 0 Å². The van der Waals surface area contributed by atoms with Crippen molar-refractivity contribution in [1.29, 1.82) is 0 Å². The van der Waals surface area contributed by atoms with Gasteiger partial charge in [0.2, 0.25) is 0 Å². The molecule has 0 spiro atoms. The smallest absolute Gasteiger partial charge is 0.144 e. The molecule has 1 heterocycles. The molecule has 1 fully saturated rings. The second-order valence-electron chi connectivity index (χ2n) is 4.63. The van der Waals surface area contributed by atoms with Crippen LogP contribution in [0.4, 0.5) is 0 Å². The molecule has 6 nitrogen and oxygen atoms in total. The summed E-state index contributed by atoms with van der Waals surface area (Å²) >= 11 is 0. The standard InChI is InChI=1S/C10H22N4O2/c1-10(2,9(11)13-15)3-4-12-14-5-7-16-8-6-14/h12,15H,3-8H2,1-2H3,(H2,11,13). The van der Waals surface area contributed by atoms with E-state index >= 15 is 0 Å². The normalized spacial score (nSPS) is 20.0. The molecule has 0 radical (unpaired) electrons. The molecule has 1 rings (SSSR count). The van der Waals surface area contributed by atoms with Crippen LogP contribution in [0.2, 0.25) is 0 Å². The van der Waals surface area contributed by atoms with Crippen molar-refractivity contribution < 1.29 is 9.94 Å². The molecule has 4 N–H and O–H groups in total. The van der Waals surface area contributed by atoms with Crippen LogP contribution in [0.15, 0.2) is 5.16 Å². The quantitative estimate of drug-likeness (QED) is 0.268. The number of hydrogen-bond acceptors (Lipinski definition) is 5. The van der Waals surface area contributed by atoms with Crippen molar-refractivity contribution in [3.8, 4) is 0 Å². The number of morpholine rings is 1. The Morgan fingerprint density at radius 1 is 1.50 bits per heavy atom. The zero-order valence-corrected chi connectivity index (χ0v) is 10.1. The van der Waals surface area contributed by atoms with Gasteiger partial charge in [0, 0.05) is 25.0 Å². The van der Waals surface area contributed by atoms with E-state index in [2.05, 4.69) is 15.6 Å². The Bertz CT molecular complexity index is 237. The first kappa shape index (κ1) is 13.2. The van der Waals surface area contributed by atoms with E-state index in [1.807, 2.05) is 13.8 Å². The van der Waals surface area contributed by atoms with Crippen molar-refractivity contribution in [3.63, 3.8) is 0 Å². The molecule has 0 saturated carbocycles. The first-order valence-corrected chi connectivity index (χ1v) is 5.60. The Balaban J connectivity index is 2.23. The fourth-order valence-corrected chi connectivity index (χ4v) is 1.51. The first-order chi connectivity index (χ1) is 7.56. The summed E-state index contributed by atoms with van der Waals surface area (Å²) in [6.45, 7) is 8.09. The molecule has 0 amide bonds. The highest BCUT2D eigenvalue weighted by molar-refractivity contribution is 5.85. The minimum Gasteiger partial charge on any atom is -0.409 e. The van der Waals surface area contributed by atoms with Gasteiger partial charge in [-0.1, -0.05) is 19.0 Å². The Labute approximate surface area is 96.4 Å². The van der Waals surface area contributed by atoms with Gasteiger partial charge in [0.15, 0.2) is 0 Å². The highest BCUT2D eigenvalue weighted by Gasteiger charge is 2.23. The van der Waals surface area contributed by atoms with E-state index < -0.39 is 0 Å². The van der Waals surface area contributed by atoms with Gasteiger partial charge in [-0.3, -0.25) is 5.43 Å². The summed E-state index contributed by atoms with van der Waals surface area (Å²) in [5.41, 5.74) is 8.64. The number of hydrogen-bond donors (Lipinski definition) is 3. The van der Waals surface area contributed by atoms with Crippen molar-refractivity contribution >= 4 is 5.84 Å². The van der Waals surface area contributed by atoms with Gasteiger partial charge in [0.05, 0.1) is 13.2 Å². The summed E-state index contributed by atoms with van der Waals surface area (Å²) in [7, 11) is 0.